The van der Waals surface area contributed by atoms with Crippen molar-refractivity contribution in [1.29, 1.82) is 0 Å². The van der Waals surface area contributed by atoms with E-state index in [0.29, 0.717) is 22.3 Å². The second kappa shape index (κ2) is 9.78. The lowest BCUT2D eigenvalue weighted by Crippen LogP contribution is -2.14. The van der Waals surface area contributed by atoms with E-state index in [-0.39, 0.29) is 18.2 Å². The molecular weight excluding hydrogens is 494 g/mol. The lowest BCUT2D eigenvalue weighted by atomic mass is 10.2. The molecule has 0 aliphatic rings. The number of carbonyl (C=O) groups is 1. The Balaban J connectivity index is 1.33. The van der Waals surface area contributed by atoms with Gasteiger partial charge in [-0.15, -0.1) is 0 Å². The van der Waals surface area contributed by atoms with Crippen molar-refractivity contribution in [2.24, 2.45) is 0 Å². The Labute approximate surface area is 201 Å². The number of nitrogens with one attached hydrogen (secondary N) is 1. The van der Waals surface area contributed by atoms with E-state index in [9.17, 15) is 18.0 Å². The smallest absolute Gasteiger partial charge is 0.416 e. The Morgan fingerprint density at radius 3 is 2.65 bits per heavy atom. The maximum absolute atomic E-state index is 12.8. The van der Waals surface area contributed by atoms with E-state index >= 15 is 0 Å². The van der Waals surface area contributed by atoms with Crippen LogP contribution in [0.1, 0.15) is 21.6 Å². The zero-order chi connectivity index (χ0) is 24.3. The number of rotatable bonds is 7. The Morgan fingerprint density at radius 1 is 1.06 bits per heavy atom. The topological polar surface area (TPSA) is 74.0 Å². The number of hydrogen-bond acceptors (Lipinski definition) is 4. The van der Waals surface area contributed by atoms with Gasteiger partial charge in [-0.25, -0.2) is 4.68 Å². The average molecular weight is 510 g/mol. The van der Waals surface area contributed by atoms with Crippen LogP contribution in [0, 0.1) is 0 Å². The third kappa shape index (κ3) is 5.89. The highest BCUT2D eigenvalue weighted by Crippen LogP contribution is 2.31. The first kappa shape index (κ1) is 23.7. The van der Waals surface area contributed by atoms with Gasteiger partial charge < -0.3 is 10.1 Å². The summed E-state index contributed by atoms with van der Waals surface area (Å²) in [7, 11) is 0. The van der Waals surface area contributed by atoms with Gasteiger partial charge in [0, 0.05) is 12.4 Å². The number of alkyl halides is 3. The van der Waals surface area contributed by atoms with Gasteiger partial charge in [0.15, 0.2) is 12.4 Å². The molecule has 2 heterocycles. The highest BCUT2D eigenvalue weighted by Gasteiger charge is 2.30. The Morgan fingerprint density at radius 2 is 1.88 bits per heavy atom. The van der Waals surface area contributed by atoms with Gasteiger partial charge >= 0.3 is 6.18 Å². The molecule has 0 unspecified atom stereocenters. The molecule has 0 atom stereocenters. The van der Waals surface area contributed by atoms with Crippen LogP contribution in [0.2, 0.25) is 10.0 Å². The highest BCUT2D eigenvalue weighted by atomic mass is 35.5. The minimum Gasteiger partial charge on any atom is -0.471 e. The Kier molecular flexibility index (Phi) is 6.80. The summed E-state index contributed by atoms with van der Waals surface area (Å²) in [5, 5.41) is 11.9. The molecule has 1 N–H and O–H groups in total. The predicted octanol–water partition coefficient (Wildman–Crippen LogP) is 5.74. The minimum absolute atomic E-state index is 0.0331. The van der Waals surface area contributed by atoms with Gasteiger partial charge in [-0.05, 0) is 42.0 Å². The number of ether oxygens (including phenoxy) is 1. The summed E-state index contributed by atoms with van der Waals surface area (Å²) in [5.74, 6) is -0.447. The monoisotopic (exact) mass is 509 g/mol. The van der Waals surface area contributed by atoms with Crippen LogP contribution < -0.4 is 10.1 Å². The van der Waals surface area contributed by atoms with Crippen LogP contribution in [0.25, 0.3) is 0 Å². The summed E-state index contributed by atoms with van der Waals surface area (Å²) in [6, 6.07) is 11.2. The van der Waals surface area contributed by atoms with Crippen LogP contribution >= 0.6 is 23.2 Å². The first-order chi connectivity index (χ1) is 16.2. The minimum atomic E-state index is -4.47. The van der Waals surface area contributed by atoms with E-state index in [4.69, 9.17) is 27.9 Å². The molecule has 4 rings (SSSR count). The maximum atomic E-state index is 12.8. The molecule has 1 amide bonds. The molecule has 0 saturated carbocycles. The van der Waals surface area contributed by atoms with Gasteiger partial charge in [0.05, 0.1) is 34.0 Å². The maximum Gasteiger partial charge on any atom is 0.416 e. The van der Waals surface area contributed by atoms with Gasteiger partial charge in [0.25, 0.3) is 5.91 Å². The largest absolute Gasteiger partial charge is 0.471 e. The Hall–Kier alpha value is -3.50. The van der Waals surface area contributed by atoms with Crippen LogP contribution in [-0.2, 0) is 19.5 Å². The van der Waals surface area contributed by atoms with Crippen LogP contribution in [0.15, 0.2) is 67.1 Å². The second-order valence-electron chi connectivity index (χ2n) is 7.17. The number of anilines is 1. The zero-order valence-electron chi connectivity index (χ0n) is 17.3. The van der Waals surface area contributed by atoms with Crippen LogP contribution in [0.3, 0.4) is 0 Å². The van der Waals surface area contributed by atoms with Crippen molar-refractivity contribution in [3.05, 3.63) is 94.0 Å². The molecule has 176 valence electrons. The fraction of sp³-hybridized carbons (Fsp3) is 0.136. The molecule has 0 spiro atoms. The molecule has 4 aromatic rings. The van der Waals surface area contributed by atoms with Crippen LogP contribution in [0.4, 0.5) is 18.9 Å². The SMILES string of the molecule is O=C(Nc1cnn(Cc2ccc(Cl)c(Cl)c2)c1)c1ccn(COc2cccc(C(F)(F)F)c2)n1. The molecule has 0 saturated heterocycles. The summed E-state index contributed by atoms with van der Waals surface area (Å²) in [6.45, 7) is 0.254. The predicted molar refractivity (Wildman–Crippen MR) is 120 cm³/mol. The standard InChI is InChI=1S/C22H16Cl2F3N5O2/c23-18-5-4-14(8-19(18)24)11-32-12-16(10-28-32)29-21(33)20-6-7-31(30-20)13-34-17-3-1-2-15(9-17)22(25,26)27/h1-10,12H,11,13H2,(H,29,33). The van der Waals surface area contributed by atoms with Crippen LogP contribution in [0.5, 0.6) is 5.75 Å². The van der Waals surface area contributed by atoms with Crippen molar-refractivity contribution < 1.29 is 22.7 Å². The Bertz CT molecular complexity index is 1320. The van der Waals surface area contributed by atoms with Crippen molar-refractivity contribution >= 4 is 34.8 Å². The van der Waals surface area contributed by atoms with Gasteiger partial charge in [0.2, 0.25) is 0 Å². The molecule has 0 bridgehead atoms. The number of halogens is 5. The van der Waals surface area contributed by atoms with Crippen LogP contribution in [-0.4, -0.2) is 25.5 Å². The summed E-state index contributed by atoms with van der Waals surface area (Å²) in [6.07, 6.45) is 0.152. The van der Waals surface area contributed by atoms with Crippen molar-refractivity contribution in [2.45, 2.75) is 19.5 Å². The van der Waals surface area contributed by atoms with E-state index in [2.05, 4.69) is 15.5 Å². The molecule has 2 aromatic carbocycles. The van der Waals surface area contributed by atoms with Crippen molar-refractivity contribution in [3.63, 3.8) is 0 Å². The second-order valence-corrected chi connectivity index (χ2v) is 7.98. The number of nitrogens with zero attached hydrogens (tertiary/aromatic N) is 4. The lowest BCUT2D eigenvalue weighted by Gasteiger charge is -2.10. The van der Waals surface area contributed by atoms with Crippen molar-refractivity contribution in [1.82, 2.24) is 19.6 Å². The number of carbonyl (C=O) groups excluding carboxylic acids is 1. The molecule has 0 fully saturated rings. The van der Waals surface area contributed by atoms with E-state index in [1.807, 2.05) is 6.07 Å². The fourth-order valence-corrected chi connectivity index (χ4v) is 3.31. The van der Waals surface area contributed by atoms with E-state index in [0.717, 1.165) is 17.7 Å². The number of aromatic nitrogens is 4. The van der Waals surface area contributed by atoms with E-state index in [1.165, 1.54) is 35.3 Å². The molecule has 12 heteroatoms. The van der Waals surface area contributed by atoms with Gasteiger partial charge in [-0.2, -0.15) is 23.4 Å². The van der Waals surface area contributed by atoms with E-state index < -0.39 is 17.6 Å². The van der Waals surface area contributed by atoms with Gasteiger partial charge in [-0.3, -0.25) is 9.48 Å². The number of benzene rings is 2. The molecular formula is C22H16Cl2F3N5O2. The molecule has 0 aliphatic heterocycles. The number of hydrogen-bond donors (Lipinski definition) is 1. The summed E-state index contributed by atoms with van der Waals surface area (Å²) in [5.41, 5.74) is 0.629. The third-order valence-electron chi connectivity index (χ3n) is 4.62. The molecule has 7 nitrogen and oxygen atoms in total. The van der Waals surface area contributed by atoms with Crippen molar-refractivity contribution in [2.75, 3.05) is 5.32 Å². The van der Waals surface area contributed by atoms with Gasteiger partial charge in [-0.1, -0.05) is 35.3 Å². The quantitative estimate of drug-likeness (QED) is 0.344. The molecule has 34 heavy (non-hydrogen) atoms. The van der Waals surface area contributed by atoms with Gasteiger partial charge in [0.1, 0.15) is 5.75 Å². The average Bonchev–Trinajstić information content (AvgIpc) is 3.44. The normalized spacial score (nSPS) is 11.4. The van der Waals surface area contributed by atoms with Crippen molar-refractivity contribution in [3.8, 4) is 5.75 Å². The summed E-state index contributed by atoms with van der Waals surface area (Å²) >= 11 is 11.9. The molecule has 0 radical (unpaired) electrons. The first-order valence-electron chi connectivity index (χ1n) is 9.78. The lowest BCUT2D eigenvalue weighted by molar-refractivity contribution is -0.137. The summed E-state index contributed by atoms with van der Waals surface area (Å²) < 4.78 is 46.7. The molecule has 0 aliphatic carbocycles. The molecule has 2 aromatic heterocycles. The third-order valence-corrected chi connectivity index (χ3v) is 5.36. The van der Waals surface area contributed by atoms with E-state index in [1.54, 1.807) is 23.0 Å². The zero-order valence-corrected chi connectivity index (χ0v) is 18.8. The first-order valence-corrected chi connectivity index (χ1v) is 10.5. The fourth-order valence-electron chi connectivity index (χ4n) is 2.99. The highest BCUT2D eigenvalue weighted by molar-refractivity contribution is 6.42. The summed E-state index contributed by atoms with van der Waals surface area (Å²) in [4.78, 5) is 12.5. The number of amides is 1.